The van der Waals surface area contributed by atoms with Gasteiger partial charge in [-0.3, -0.25) is 4.79 Å². The van der Waals surface area contributed by atoms with Crippen LogP contribution < -0.4 is 0 Å². The van der Waals surface area contributed by atoms with Crippen LogP contribution in [0.4, 0.5) is 0 Å². The molecule has 0 aliphatic carbocycles. The van der Waals surface area contributed by atoms with Gasteiger partial charge in [0.25, 0.3) is 0 Å². The predicted octanol–water partition coefficient (Wildman–Crippen LogP) is 0.637. The average molecular weight is 222 g/mol. The van der Waals surface area contributed by atoms with Gasteiger partial charge in [-0.15, -0.1) is 0 Å². The Kier molecular flexibility index (Phi) is 2.94. The number of amides is 1. The highest BCUT2D eigenvalue weighted by Crippen LogP contribution is 2.16. The van der Waals surface area contributed by atoms with E-state index in [1.54, 1.807) is 24.1 Å². The summed E-state index contributed by atoms with van der Waals surface area (Å²) in [5, 5.41) is 0. The van der Waals surface area contributed by atoms with E-state index in [0.29, 0.717) is 25.3 Å². The number of nitrogens with zero attached hydrogens (tertiary/aromatic N) is 2. The number of esters is 1. The summed E-state index contributed by atoms with van der Waals surface area (Å²) in [6.07, 6.45) is 2.62. The number of hydrogen-bond acceptors (Lipinski definition) is 3. The minimum atomic E-state index is -0.304. The van der Waals surface area contributed by atoms with Gasteiger partial charge >= 0.3 is 5.97 Å². The Morgan fingerprint density at radius 2 is 2.38 bits per heavy atom. The summed E-state index contributed by atoms with van der Waals surface area (Å²) in [4.78, 5) is 23.8. The molecule has 1 aliphatic rings. The lowest BCUT2D eigenvalue weighted by Gasteiger charge is -2.24. The molecule has 1 aromatic heterocycles. The molecule has 2 rings (SSSR count). The van der Waals surface area contributed by atoms with Crippen LogP contribution in [-0.4, -0.2) is 35.0 Å². The van der Waals surface area contributed by atoms with Gasteiger partial charge in [0, 0.05) is 25.0 Å². The normalized spacial score (nSPS) is 14.4. The maximum Gasteiger partial charge on any atom is 0.339 e. The zero-order chi connectivity index (χ0) is 11.5. The molecule has 5 nitrogen and oxygen atoms in total. The number of fused-ring (bicyclic) bond motifs is 1. The van der Waals surface area contributed by atoms with E-state index in [1.807, 2.05) is 4.57 Å². The van der Waals surface area contributed by atoms with Crippen LogP contribution in [0.15, 0.2) is 12.3 Å². The molecule has 0 N–H and O–H groups in total. The molecule has 1 aromatic rings. The number of aromatic nitrogens is 1. The first kappa shape index (κ1) is 10.7. The summed E-state index contributed by atoms with van der Waals surface area (Å²) < 4.78 is 6.92. The van der Waals surface area contributed by atoms with Gasteiger partial charge < -0.3 is 14.2 Å². The quantitative estimate of drug-likeness (QED) is 0.557. The smallest absolute Gasteiger partial charge is 0.339 e. The van der Waals surface area contributed by atoms with E-state index in [-0.39, 0.29) is 5.97 Å². The second-order valence-electron chi connectivity index (χ2n) is 3.71. The van der Waals surface area contributed by atoms with Crippen LogP contribution in [-0.2, 0) is 22.6 Å². The molecule has 0 radical (unpaired) electrons. The highest BCUT2D eigenvalue weighted by Gasteiger charge is 2.18. The van der Waals surface area contributed by atoms with Crippen LogP contribution in [0.3, 0.4) is 0 Å². The van der Waals surface area contributed by atoms with E-state index < -0.39 is 0 Å². The molecule has 0 fully saturated rings. The van der Waals surface area contributed by atoms with Crippen molar-refractivity contribution < 1.29 is 14.3 Å². The number of hydrogen-bond donors (Lipinski definition) is 0. The van der Waals surface area contributed by atoms with Crippen LogP contribution in [0.5, 0.6) is 0 Å². The predicted molar refractivity (Wildman–Crippen MR) is 56.9 cm³/mol. The topological polar surface area (TPSA) is 51.5 Å². The third-order valence-corrected chi connectivity index (χ3v) is 2.64. The van der Waals surface area contributed by atoms with Crippen LogP contribution >= 0.6 is 0 Å². The van der Waals surface area contributed by atoms with Crippen molar-refractivity contribution in [2.75, 3.05) is 13.2 Å². The van der Waals surface area contributed by atoms with Crippen molar-refractivity contribution in [2.45, 2.75) is 20.0 Å². The molecule has 0 saturated heterocycles. The molecular formula is C11H14N2O3. The molecule has 2 heterocycles. The molecule has 16 heavy (non-hydrogen) atoms. The molecule has 0 bridgehead atoms. The van der Waals surface area contributed by atoms with Gasteiger partial charge in [-0.05, 0) is 13.0 Å². The lowest BCUT2D eigenvalue weighted by molar-refractivity contribution is -0.119. The number of carbonyl (C=O) groups is 2. The maximum atomic E-state index is 11.5. The van der Waals surface area contributed by atoms with E-state index in [1.165, 1.54) is 0 Å². The Morgan fingerprint density at radius 3 is 3.06 bits per heavy atom. The fourth-order valence-electron chi connectivity index (χ4n) is 1.83. The second-order valence-corrected chi connectivity index (χ2v) is 3.71. The van der Waals surface area contributed by atoms with Gasteiger partial charge in [-0.1, -0.05) is 0 Å². The minimum Gasteiger partial charge on any atom is -0.462 e. The van der Waals surface area contributed by atoms with Crippen molar-refractivity contribution in [1.29, 1.82) is 0 Å². The van der Waals surface area contributed by atoms with E-state index in [0.717, 1.165) is 18.6 Å². The molecular weight excluding hydrogens is 208 g/mol. The first-order valence-electron chi connectivity index (χ1n) is 5.30. The second kappa shape index (κ2) is 4.38. The summed E-state index contributed by atoms with van der Waals surface area (Å²) >= 11 is 0. The fraction of sp³-hybridized carbons (Fsp3) is 0.455. The van der Waals surface area contributed by atoms with Crippen LogP contribution in [0.2, 0.25) is 0 Å². The Labute approximate surface area is 93.6 Å². The average Bonchev–Trinajstić information content (AvgIpc) is 2.71. The molecule has 86 valence electrons. The van der Waals surface area contributed by atoms with Crippen LogP contribution in [0.1, 0.15) is 23.0 Å². The Hall–Kier alpha value is -1.78. The van der Waals surface area contributed by atoms with Gasteiger partial charge in [0.2, 0.25) is 6.41 Å². The monoisotopic (exact) mass is 222 g/mol. The fourth-order valence-corrected chi connectivity index (χ4v) is 1.83. The van der Waals surface area contributed by atoms with Crippen molar-refractivity contribution in [3.63, 3.8) is 0 Å². The summed E-state index contributed by atoms with van der Waals surface area (Å²) in [6, 6.07) is 1.79. The van der Waals surface area contributed by atoms with E-state index in [9.17, 15) is 9.59 Å². The maximum absolute atomic E-state index is 11.5. The van der Waals surface area contributed by atoms with E-state index in [2.05, 4.69) is 0 Å². The van der Waals surface area contributed by atoms with Crippen LogP contribution in [0.25, 0.3) is 0 Å². The molecule has 0 aromatic carbocycles. The van der Waals surface area contributed by atoms with Gasteiger partial charge in [0.15, 0.2) is 0 Å². The summed E-state index contributed by atoms with van der Waals surface area (Å²) in [6.45, 7) is 4.13. The Morgan fingerprint density at radius 1 is 1.56 bits per heavy atom. The van der Waals surface area contributed by atoms with Gasteiger partial charge in [-0.2, -0.15) is 0 Å². The standard InChI is InChI=1S/C11H14N2O3/c1-2-16-11(15)9-5-10-7-12(8-14)3-4-13(10)6-9/h5-6,8H,2-4,7H2,1H3. The number of carbonyl (C=O) groups excluding carboxylic acids is 2. The summed E-state index contributed by atoms with van der Waals surface area (Å²) in [5.74, 6) is -0.304. The molecule has 0 atom stereocenters. The van der Waals surface area contributed by atoms with Crippen molar-refractivity contribution >= 4 is 12.4 Å². The zero-order valence-electron chi connectivity index (χ0n) is 9.18. The first-order valence-corrected chi connectivity index (χ1v) is 5.30. The molecule has 0 spiro atoms. The Bertz CT molecular complexity index is 411. The van der Waals surface area contributed by atoms with Gasteiger partial charge in [-0.25, -0.2) is 4.79 Å². The highest BCUT2D eigenvalue weighted by atomic mass is 16.5. The first-order chi connectivity index (χ1) is 7.74. The van der Waals surface area contributed by atoms with Crippen molar-refractivity contribution in [1.82, 2.24) is 9.47 Å². The lowest BCUT2D eigenvalue weighted by Crippen LogP contribution is -2.31. The van der Waals surface area contributed by atoms with Crippen molar-refractivity contribution in [3.05, 3.63) is 23.5 Å². The SMILES string of the molecule is CCOC(=O)c1cc2n(c1)CCN(C=O)C2. The lowest BCUT2D eigenvalue weighted by atomic mass is 10.3. The zero-order valence-corrected chi connectivity index (χ0v) is 9.18. The largest absolute Gasteiger partial charge is 0.462 e. The van der Waals surface area contributed by atoms with Gasteiger partial charge in [0.1, 0.15) is 0 Å². The molecule has 5 heteroatoms. The van der Waals surface area contributed by atoms with E-state index >= 15 is 0 Å². The summed E-state index contributed by atoms with van der Waals surface area (Å²) in [5.41, 5.74) is 1.53. The third-order valence-electron chi connectivity index (χ3n) is 2.64. The minimum absolute atomic E-state index is 0.304. The van der Waals surface area contributed by atoms with Crippen molar-refractivity contribution in [2.24, 2.45) is 0 Å². The van der Waals surface area contributed by atoms with Crippen molar-refractivity contribution in [3.8, 4) is 0 Å². The molecule has 1 aliphatic heterocycles. The van der Waals surface area contributed by atoms with E-state index in [4.69, 9.17) is 4.74 Å². The van der Waals surface area contributed by atoms with Crippen LogP contribution in [0, 0.1) is 0 Å². The number of rotatable bonds is 3. The third kappa shape index (κ3) is 1.93. The molecule has 0 saturated carbocycles. The summed E-state index contributed by atoms with van der Waals surface area (Å²) in [7, 11) is 0. The number of ether oxygens (including phenoxy) is 1. The Balaban J connectivity index is 2.18. The molecule has 0 unspecified atom stereocenters. The highest BCUT2D eigenvalue weighted by molar-refractivity contribution is 5.89. The molecule has 1 amide bonds. The van der Waals surface area contributed by atoms with Gasteiger partial charge in [0.05, 0.1) is 18.7 Å².